The van der Waals surface area contributed by atoms with Gasteiger partial charge in [0.1, 0.15) is 0 Å². The molecule has 0 spiro atoms. The first-order valence-corrected chi connectivity index (χ1v) is 13.4. The van der Waals surface area contributed by atoms with Crippen LogP contribution in [0.2, 0.25) is 15.1 Å². The molecule has 186 valence electrons. The van der Waals surface area contributed by atoms with Crippen molar-refractivity contribution >= 4 is 40.7 Å². The number of benzene rings is 2. The number of hydrogen-bond acceptors (Lipinski definition) is 3. The molecule has 0 aromatic heterocycles. The van der Waals surface area contributed by atoms with E-state index in [1.807, 2.05) is 30.0 Å². The Morgan fingerprint density at radius 1 is 0.971 bits per heavy atom. The number of carbonyl (C=O) groups is 1. The average Bonchev–Trinajstić information content (AvgIpc) is 3.35. The highest BCUT2D eigenvalue weighted by atomic mass is 35.5. The number of halogens is 3. The van der Waals surface area contributed by atoms with Crippen LogP contribution in [0.1, 0.15) is 54.7 Å². The number of aryl methyl sites for hydroxylation is 2. The summed E-state index contributed by atoms with van der Waals surface area (Å²) in [6.45, 7) is 7.40. The van der Waals surface area contributed by atoms with Crippen LogP contribution >= 0.6 is 34.8 Å². The van der Waals surface area contributed by atoms with Gasteiger partial charge in [0, 0.05) is 28.2 Å². The summed E-state index contributed by atoms with van der Waals surface area (Å²) in [5.74, 6) is 0.598. The third kappa shape index (κ3) is 8.13. The van der Waals surface area contributed by atoms with E-state index in [1.165, 1.54) is 50.0 Å². The Labute approximate surface area is 219 Å². The fraction of sp³-hybridized carbons (Fsp3) is 0.519. The zero-order valence-electron chi connectivity index (χ0n) is 20.0. The van der Waals surface area contributed by atoms with Crippen LogP contribution in [0.25, 0.3) is 0 Å². The summed E-state index contributed by atoms with van der Waals surface area (Å²) in [6.07, 6.45) is 7.02. The molecule has 0 aliphatic carbocycles. The van der Waals surface area contributed by atoms with Crippen molar-refractivity contribution in [2.45, 2.75) is 51.4 Å². The molecule has 0 atom stereocenters. The third-order valence-corrected chi connectivity index (χ3v) is 7.70. The van der Waals surface area contributed by atoms with Crippen LogP contribution < -0.4 is 5.73 Å². The molecule has 2 fully saturated rings. The van der Waals surface area contributed by atoms with Gasteiger partial charge in [-0.1, -0.05) is 46.9 Å². The van der Waals surface area contributed by atoms with E-state index < -0.39 is 0 Å². The Morgan fingerprint density at radius 2 is 1.62 bits per heavy atom. The lowest BCUT2D eigenvalue weighted by Crippen LogP contribution is -2.41. The molecule has 34 heavy (non-hydrogen) atoms. The molecule has 0 unspecified atom stereocenters. The summed E-state index contributed by atoms with van der Waals surface area (Å²) in [5.41, 5.74) is 9.38. The first kappa shape index (κ1) is 27.3. The van der Waals surface area contributed by atoms with Crippen molar-refractivity contribution in [1.82, 2.24) is 9.80 Å². The number of nitrogens with zero attached hydrogens (tertiary/aromatic N) is 2. The van der Waals surface area contributed by atoms with Gasteiger partial charge in [-0.2, -0.15) is 0 Å². The summed E-state index contributed by atoms with van der Waals surface area (Å²) in [5, 5.41) is 2.24. The molecule has 2 saturated heterocycles. The van der Waals surface area contributed by atoms with Crippen molar-refractivity contribution in [2.24, 2.45) is 5.73 Å². The van der Waals surface area contributed by atoms with E-state index in [0.29, 0.717) is 10.9 Å². The van der Waals surface area contributed by atoms with Crippen molar-refractivity contribution in [1.29, 1.82) is 0 Å². The Bertz CT molecular complexity index is 939. The zero-order valence-corrected chi connectivity index (χ0v) is 22.3. The predicted molar refractivity (Wildman–Crippen MR) is 144 cm³/mol. The van der Waals surface area contributed by atoms with E-state index in [2.05, 4.69) is 17.0 Å². The number of hydrogen-bond donors (Lipinski definition) is 1. The molecule has 7 heteroatoms. The standard InChI is InChI=1S/C20H30ClN3O.C7H6Cl2/c21-18-5-6-19(16-7-12-24(13-8-16)20(25)15-22)17(14-18)4-3-11-23-9-1-2-10-23;1-5-2-3-6(8)4-7(5)9/h5-6,14,16H,1-4,7-13,15,22H2;2-4H,1H3. The van der Waals surface area contributed by atoms with Gasteiger partial charge in [0.2, 0.25) is 5.91 Å². The largest absolute Gasteiger partial charge is 0.342 e. The summed E-state index contributed by atoms with van der Waals surface area (Å²) in [6, 6.07) is 11.8. The van der Waals surface area contributed by atoms with Crippen LogP contribution in [-0.2, 0) is 11.2 Å². The maximum absolute atomic E-state index is 11.8. The van der Waals surface area contributed by atoms with Crippen molar-refractivity contribution in [3.05, 3.63) is 68.2 Å². The van der Waals surface area contributed by atoms with Crippen molar-refractivity contribution in [3.8, 4) is 0 Å². The highest BCUT2D eigenvalue weighted by Crippen LogP contribution is 2.32. The SMILES string of the molecule is Cc1ccc(Cl)cc1Cl.NCC(=O)N1CCC(c2ccc(Cl)cc2CCCN2CCCC2)CC1. The van der Waals surface area contributed by atoms with Gasteiger partial charge in [-0.15, -0.1) is 0 Å². The molecule has 1 amide bonds. The second-order valence-electron chi connectivity index (χ2n) is 9.25. The summed E-state index contributed by atoms with van der Waals surface area (Å²) in [7, 11) is 0. The number of amides is 1. The van der Waals surface area contributed by atoms with Crippen molar-refractivity contribution in [2.75, 3.05) is 39.3 Å². The van der Waals surface area contributed by atoms with Gasteiger partial charge in [-0.3, -0.25) is 4.79 Å². The van der Waals surface area contributed by atoms with Crippen LogP contribution in [-0.4, -0.2) is 55.0 Å². The van der Waals surface area contributed by atoms with Crippen LogP contribution in [0.3, 0.4) is 0 Å². The molecule has 2 N–H and O–H groups in total. The fourth-order valence-electron chi connectivity index (χ4n) is 4.82. The van der Waals surface area contributed by atoms with Gasteiger partial charge in [-0.25, -0.2) is 0 Å². The van der Waals surface area contributed by atoms with E-state index >= 15 is 0 Å². The van der Waals surface area contributed by atoms with Gasteiger partial charge < -0.3 is 15.5 Å². The second-order valence-corrected chi connectivity index (χ2v) is 10.5. The Morgan fingerprint density at radius 3 is 2.24 bits per heavy atom. The Hall–Kier alpha value is -1.30. The van der Waals surface area contributed by atoms with Crippen molar-refractivity contribution < 1.29 is 4.79 Å². The first-order chi connectivity index (χ1) is 16.4. The predicted octanol–water partition coefficient (Wildman–Crippen LogP) is 6.33. The minimum atomic E-state index is 0.0698. The quantitative estimate of drug-likeness (QED) is 0.480. The fourth-order valence-corrected chi connectivity index (χ4v) is 5.43. The van der Waals surface area contributed by atoms with Crippen LogP contribution in [0, 0.1) is 6.92 Å². The smallest absolute Gasteiger partial charge is 0.236 e. The second kappa shape index (κ2) is 13.7. The molecule has 2 aliphatic heterocycles. The van der Waals surface area contributed by atoms with Crippen LogP contribution in [0.5, 0.6) is 0 Å². The van der Waals surface area contributed by atoms with Gasteiger partial charge in [0.15, 0.2) is 0 Å². The molecular formula is C27H36Cl3N3O. The summed E-state index contributed by atoms with van der Waals surface area (Å²) < 4.78 is 0. The number of piperidine rings is 1. The number of rotatable bonds is 6. The molecule has 2 heterocycles. The molecule has 2 aliphatic rings. The lowest BCUT2D eigenvalue weighted by atomic mass is 9.85. The van der Waals surface area contributed by atoms with Crippen LogP contribution in [0.15, 0.2) is 36.4 Å². The van der Waals surface area contributed by atoms with E-state index in [-0.39, 0.29) is 12.5 Å². The van der Waals surface area contributed by atoms with Crippen molar-refractivity contribution in [3.63, 3.8) is 0 Å². The first-order valence-electron chi connectivity index (χ1n) is 12.3. The molecule has 0 saturated carbocycles. The molecule has 4 nitrogen and oxygen atoms in total. The van der Waals surface area contributed by atoms with E-state index in [9.17, 15) is 4.79 Å². The lowest BCUT2D eigenvalue weighted by Gasteiger charge is -2.33. The molecule has 4 rings (SSSR count). The number of carbonyl (C=O) groups excluding carboxylic acids is 1. The normalized spacial score (nSPS) is 16.9. The third-order valence-electron chi connectivity index (χ3n) is 6.82. The summed E-state index contributed by atoms with van der Waals surface area (Å²) in [4.78, 5) is 16.2. The lowest BCUT2D eigenvalue weighted by molar-refractivity contribution is -0.130. The Balaban J connectivity index is 0.000000302. The van der Waals surface area contributed by atoms with E-state index in [1.54, 1.807) is 6.07 Å². The molecule has 2 aromatic carbocycles. The number of likely N-dealkylation sites (tertiary alicyclic amines) is 2. The van der Waals surface area contributed by atoms with Gasteiger partial charge in [-0.05, 0) is 112 Å². The maximum Gasteiger partial charge on any atom is 0.236 e. The minimum Gasteiger partial charge on any atom is -0.342 e. The minimum absolute atomic E-state index is 0.0698. The van der Waals surface area contributed by atoms with Gasteiger partial charge in [0.05, 0.1) is 6.54 Å². The topological polar surface area (TPSA) is 49.6 Å². The van der Waals surface area contributed by atoms with Crippen LogP contribution in [0.4, 0.5) is 0 Å². The summed E-state index contributed by atoms with van der Waals surface area (Å²) >= 11 is 17.6. The Kier molecular flexibility index (Phi) is 11.0. The number of nitrogens with two attached hydrogens (primary N) is 1. The average molecular weight is 525 g/mol. The van der Waals surface area contributed by atoms with E-state index in [4.69, 9.17) is 40.5 Å². The molecule has 2 aromatic rings. The van der Waals surface area contributed by atoms with Gasteiger partial charge >= 0.3 is 0 Å². The zero-order chi connectivity index (χ0) is 24.5. The van der Waals surface area contributed by atoms with Gasteiger partial charge in [0.25, 0.3) is 0 Å². The van der Waals surface area contributed by atoms with E-state index in [0.717, 1.165) is 48.0 Å². The highest BCUT2D eigenvalue weighted by molar-refractivity contribution is 6.35. The monoisotopic (exact) mass is 523 g/mol. The highest BCUT2D eigenvalue weighted by Gasteiger charge is 2.24. The molecular weight excluding hydrogens is 489 g/mol. The maximum atomic E-state index is 11.8. The molecule has 0 bridgehead atoms. The molecule has 0 radical (unpaired) electrons.